The molecule has 1 amide bonds. The van der Waals surface area contributed by atoms with Crippen LogP contribution in [0, 0.1) is 0 Å². The molecule has 0 aliphatic heterocycles. The second-order valence-corrected chi connectivity index (χ2v) is 4.94. The zero-order valence-electron chi connectivity index (χ0n) is 12.2. The van der Waals surface area contributed by atoms with Crippen LogP contribution in [-0.2, 0) is 13.5 Å². The number of carbonyl (C=O) groups is 1. The first-order valence-electron chi connectivity index (χ1n) is 6.75. The smallest absolute Gasteiger partial charge is 0.357 e. The van der Waals surface area contributed by atoms with Crippen LogP contribution in [0.1, 0.15) is 34.5 Å². The molecule has 0 aliphatic rings. The monoisotopic (exact) mass is 311 g/mol. The highest BCUT2D eigenvalue weighted by atomic mass is 19.4. The van der Waals surface area contributed by atoms with E-state index in [0.29, 0.717) is 12.0 Å². The Morgan fingerprint density at radius 3 is 2.68 bits per heavy atom. The van der Waals surface area contributed by atoms with Gasteiger partial charge in [0.05, 0.1) is 0 Å². The molecule has 0 fully saturated rings. The molecule has 4 nitrogen and oxygen atoms in total. The van der Waals surface area contributed by atoms with E-state index >= 15 is 0 Å². The molecule has 0 saturated heterocycles. The maximum atomic E-state index is 13.2. The topological polar surface area (TPSA) is 46.9 Å². The Labute approximate surface area is 126 Å². The SMILES string of the molecule is CCc1cnccc1C(=O)N[C@H](c1ccn(C)c1)C(F)(F)F. The maximum absolute atomic E-state index is 13.2. The van der Waals surface area contributed by atoms with E-state index in [2.05, 4.69) is 10.3 Å². The number of hydrogen-bond donors (Lipinski definition) is 1. The highest BCUT2D eigenvalue weighted by Gasteiger charge is 2.42. The summed E-state index contributed by atoms with van der Waals surface area (Å²) in [7, 11) is 1.62. The summed E-state index contributed by atoms with van der Waals surface area (Å²) < 4.78 is 41.2. The van der Waals surface area contributed by atoms with E-state index in [-0.39, 0.29) is 11.1 Å². The van der Waals surface area contributed by atoms with Crippen LogP contribution in [0.2, 0.25) is 0 Å². The van der Waals surface area contributed by atoms with Gasteiger partial charge in [-0.25, -0.2) is 0 Å². The molecule has 0 aromatic carbocycles. The largest absolute Gasteiger partial charge is 0.412 e. The van der Waals surface area contributed by atoms with Crippen LogP contribution in [0.15, 0.2) is 36.9 Å². The minimum atomic E-state index is -4.57. The van der Waals surface area contributed by atoms with Crippen molar-refractivity contribution in [1.29, 1.82) is 0 Å². The zero-order valence-corrected chi connectivity index (χ0v) is 12.2. The van der Waals surface area contributed by atoms with Gasteiger partial charge in [0.15, 0.2) is 6.04 Å². The van der Waals surface area contributed by atoms with Gasteiger partial charge in [-0.05, 0) is 24.1 Å². The number of aryl methyl sites for hydroxylation is 2. The molecule has 0 unspecified atom stereocenters. The highest BCUT2D eigenvalue weighted by molar-refractivity contribution is 5.95. The third-order valence-electron chi connectivity index (χ3n) is 3.32. The van der Waals surface area contributed by atoms with Gasteiger partial charge in [-0.3, -0.25) is 9.78 Å². The van der Waals surface area contributed by atoms with E-state index in [1.54, 1.807) is 7.05 Å². The third-order valence-corrected chi connectivity index (χ3v) is 3.32. The molecule has 7 heteroatoms. The van der Waals surface area contributed by atoms with Crippen LogP contribution in [0.4, 0.5) is 13.2 Å². The fourth-order valence-electron chi connectivity index (χ4n) is 2.19. The van der Waals surface area contributed by atoms with E-state index in [0.717, 1.165) is 0 Å². The molecule has 2 rings (SSSR count). The van der Waals surface area contributed by atoms with Gasteiger partial charge in [-0.2, -0.15) is 13.2 Å². The molecular formula is C15H16F3N3O. The fraction of sp³-hybridized carbons (Fsp3) is 0.333. The molecule has 22 heavy (non-hydrogen) atoms. The standard InChI is InChI=1S/C15H16F3N3O/c1-3-10-8-19-6-4-12(10)14(22)20-13(15(16,17)18)11-5-7-21(2)9-11/h4-9,13H,3H2,1-2H3,(H,20,22)/t13-/m1/s1. The number of halogens is 3. The quantitative estimate of drug-likeness (QED) is 0.943. The van der Waals surface area contributed by atoms with Gasteiger partial charge >= 0.3 is 6.18 Å². The molecule has 0 bridgehead atoms. The molecule has 2 heterocycles. The Hall–Kier alpha value is -2.31. The number of aromatic nitrogens is 2. The van der Waals surface area contributed by atoms with Gasteiger partial charge in [0, 0.05) is 43.0 Å². The van der Waals surface area contributed by atoms with Crippen LogP contribution < -0.4 is 5.32 Å². The van der Waals surface area contributed by atoms with Crippen molar-refractivity contribution < 1.29 is 18.0 Å². The van der Waals surface area contributed by atoms with Crippen molar-refractivity contribution >= 4 is 5.91 Å². The van der Waals surface area contributed by atoms with E-state index in [9.17, 15) is 18.0 Å². The van der Waals surface area contributed by atoms with Crippen molar-refractivity contribution in [2.75, 3.05) is 0 Å². The van der Waals surface area contributed by atoms with Gasteiger partial charge in [-0.15, -0.1) is 0 Å². The molecule has 2 aromatic heterocycles. The molecule has 0 radical (unpaired) electrons. The summed E-state index contributed by atoms with van der Waals surface area (Å²) >= 11 is 0. The lowest BCUT2D eigenvalue weighted by molar-refractivity contribution is -0.155. The molecule has 1 atom stereocenters. The van der Waals surface area contributed by atoms with Gasteiger partial charge in [0.2, 0.25) is 0 Å². The van der Waals surface area contributed by atoms with Crippen LogP contribution in [0.5, 0.6) is 0 Å². The average Bonchev–Trinajstić information content (AvgIpc) is 2.89. The lowest BCUT2D eigenvalue weighted by atomic mass is 10.1. The predicted octanol–water partition coefficient (Wildman–Crippen LogP) is 3.02. The number of rotatable bonds is 4. The van der Waals surface area contributed by atoms with Crippen molar-refractivity contribution in [1.82, 2.24) is 14.9 Å². The summed E-state index contributed by atoms with van der Waals surface area (Å²) in [4.78, 5) is 16.1. The first kappa shape index (κ1) is 16.1. The number of nitrogens with one attached hydrogen (secondary N) is 1. The van der Waals surface area contributed by atoms with E-state index < -0.39 is 18.1 Å². The summed E-state index contributed by atoms with van der Waals surface area (Å²) in [5, 5.41) is 2.07. The van der Waals surface area contributed by atoms with Gasteiger partial charge in [0.25, 0.3) is 5.91 Å². The maximum Gasteiger partial charge on any atom is 0.412 e. The Morgan fingerprint density at radius 2 is 2.14 bits per heavy atom. The molecule has 0 saturated carbocycles. The number of nitrogens with zero attached hydrogens (tertiary/aromatic N) is 2. The first-order chi connectivity index (χ1) is 10.3. The Bertz CT molecular complexity index is 664. The van der Waals surface area contributed by atoms with Crippen molar-refractivity contribution in [3.05, 3.63) is 53.6 Å². The Morgan fingerprint density at radius 1 is 1.41 bits per heavy atom. The number of carbonyl (C=O) groups excluding carboxylic acids is 1. The van der Waals surface area contributed by atoms with Gasteiger partial charge < -0.3 is 9.88 Å². The normalized spacial score (nSPS) is 13.0. The molecule has 0 aliphatic carbocycles. The molecular weight excluding hydrogens is 295 g/mol. The Kier molecular flexibility index (Phi) is 4.54. The minimum absolute atomic E-state index is 0.00421. The molecule has 118 valence electrons. The predicted molar refractivity (Wildman–Crippen MR) is 75.3 cm³/mol. The average molecular weight is 311 g/mol. The number of hydrogen-bond acceptors (Lipinski definition) is 2. The van der Waals surface area contributed by atoms with Crippen LogP contribution in [0.3, 0.4) is 0 Å². The summed E-state index contributed by atoms with van der Waals surface area (Å²) in [6.07, 6.45) is 1.66. The number of alkyl halides is 3. The van der Waals surface area contributed by atoms with Crippen molar-refractivity contribution in [2.45, 2.75) is 25.6 Å². The molecule has 0 spiro atoms. The van der Waals surface area contributed by atoms with Crippen molar-refractivity contribution in [3.8, 4) is 0 Å². The van der Waals surface area contributed by atoms with Crippen LogP contribution in [0.25, 0.3) is 0 Å². The molecule has 2 aromatic rings. The van der Waals surface area contributed by atoms with Crippen molar-refractivity contribution in [2.24, 2.45) is 7.05 Å². The van der Waals surface area contributed by atoms with E-state index in [4.69, 9.17) is 0 Å². The van der Waals surface area contributed by atoms with Crippen molar-refractivity contribution in [3.63, 3.8) is 0 Å². The third kappa shape index (κ3) is 3.47. The summed E-state index contributed by atoms with van der Waals surface area (Å²) in [5.41, 5.74) is 0.812. The highest BCUT2D eigenvalue weighted by Crippen LogP contribution is 2.33. The second-order valence-electron chi connectivity index (χ2n) is 4.94. The lowest BCUT2D eigenvalue weighted by Gasteiger charge is -2.21. The second kappa shape index (κ2) is 6.21. The van der Waals surface area contributed by atoms with Crippen LogP contribution >= 0.6 is 0 Å². The molecule has 1 N–H and O–H groups in total. The number of pyridine rings is 1. The first-order valence-corrected chi connectivity index (χ1v) is 6.75. The van der Waals surface area contributed by atoms with Gasteiger partial charge in [0.1, 0.15) is 0 Å². The lowest BCUT2D eigenvalue weighted by Crippen LogP contribution is -2.38. The van der Waals surface area contributed by atoms with Crippen LogP contribution in [-0.4, -0.2) is 21.6 Å². The summed E-state index contributed by atoms with van der Waals surface area (Å²) in [5.74, 6) is -0.759. The van der Waals surface area contributed by atoms with Gasteiger partial charge in [-0.1, -0.05) is 6.92 Å². The fourth-order valence-corrected chi connectivity index (χ4v) is 2.19. The minimum Gasteiger partial charge on any atom is -0.357 e. The Balaban J connectivity index is 2.29. The van der Waals surface area contributed by atoms with E-state index in [1.165, 1.54) is 41.5 Å². The summed E-state index contributed by atoms with van der Waals surface area (Å²) in [6, 6.07) is 0.720. The number of amides is 1. The zero-order chi connectivity index (χ0) is 16.3. The van der Waals surface area contributed by atoms with E-state index in [1.807, 2.05) is 6.92 Å². The summed E-state index contributed by atoms with van der Waals surface area (Å²) in [6.45, 7) is 1.81.